The summed E-state index contributed by atoms with van der Waals surface area (Å²) in [5.41, 5.74) is 1.35. The molecule has 4 nitrogen and oxygen atoms in total. The molecule has 0 aliphatic rings. The summed E-state index contributed by atoms with van der Waals surface area (Å²) in [4.78, 5) is 9.01. The van der Waals surface area contributed by atoms with Gasteiger partial charge in [-0.05, 0) is 37.1 Å². The van der Waals surface area contributed by atoms with Gasteiger partial charge in [-0.1, -0.05) is 44.0 Å². The van der Waals surface area contributed by atoms with Crippen LogP contribution in [0.1, 0.15) is 43.7 Å². The van der Waals surface area contributed by atoms with Gasteiger partial charge in [0.25, 0.3) is 0 Å². The first-order chi connectivity index (χ1) is 11.7. The molecule has 0 radical (unpaired) electrons. The van der Waals surface area contributed by atoms with Crippen molar-refractivity contribution in [3.8, 4) is 11.5 Å². The maximum atomic E-state index is 9.82. The Morgan fingerprint density at radius 1 is 0.833 bits per heavy atom. The lowest BCUT2D eigenvalue weighted by atomic mass is 10.1. The fraction of sp³-hybridized carbons (Fsp3) is 0.300. The molecule has 2 aromatic rings. The van der Waals surface area contributed by atoms with Crippen molar-refractivity contribution in [2.45, 2.75) is 38.8 Å². The van der Waals surface area contributed by atoms with Crippen LogP contribution in [0.25, 0.3) is 0 Å². The van der Waals surface area contributed by atoms with E-state index in [4.69, 9.17) is 0 Å². The molecule has 0 fully saturated rings. The van der Waals surface area contributed by atoms with Crippen LogP contribution in [-0.2, 0) is 0 Å². The minimum atomic E-state index is -0.226. The van der Waals surface area contributed by atoms with Crippen LogP contribution in [0, 0.1) is 0 Å². The smallest absolute Gasteiger partial charge is 0.139 e. The molecule has 0 aliphatic carbocycles. The van der Waals surface area contributed by atoms with Crippen molar-refractivity contribution in [3.63, 3.8) is 0 Å². The quantitative estimate of drug-likeness (QED) is 0.553. The zero-order valence-corrected chi connectivity index (χ0v) is 14.0. The summed E-state index contributed by atoms with van der Waals surface area (Å²) in [5.74, 6) is 0.413. The van der Waals surface area contributed by atoms with E-state index in [0.29, 0.717) is 11.1 Å². The summed E-state index contributed by atoms with van der Waals surface area (Å²) in [5, 5.41) is 19.6. The van der Waals surface area contributed by atoms with Gasteiger partial charge in [-0.15, -0.1) is 0 Å². The number of hydrogen-bond donors (Lipinski definition) is 2. The van der Waals surface area contributed by atoms with Crippen molar-refractivity contribution in [2.24, 2.45) is 9.98 Å². The monoisotopic (exact) mass is 324 g/mol. The molecule has 0 aliphatic heterocycles. The molecule has 2 aromatic carbocycles. The number of nitrogens with zero attached hydrogens (tertiary/aromatic N) is 2. The first kappa shape index (κ1) is 17.7. The van der Waals surface area contributed by atoms with E-state index in [2.05, 4.69) is 16.9 Å². The second-order valence-corrected chi connectivity index (χ2v) is 5.65. The second kappa shape index (κ2) is 9.50. The largest absolute Gasteiger partial charge is 0.507 e. The zero-order chi connectivity index (χ0) is 17.2. The summed E-state index contributed by atoms with van der Waals surface area (Å²) in [7, 11) is 0. The first-order valence-corrected chi connectivity index (χ1v) is 8.33. The van der Waals surface area contributed by atoms with Crippen LogP contribution >= 0.6 is 0 Å². The molecule has 0 amide bonds. The van der Waals surface area contributed by atoms with Crippen molar-refractivity contribution >= 4 is 12.4 Å². The van der Waals surface area contributed by atoms with Crippen molar-refractivity contribution in [2.75, 3.05) is 0 Å². The number of phenols is 2. The molecule has 4 heteroatoms. The highest BCUT2D eigenvalue weighted by Gasteiger charge is 2.04. The summed E-state index contributed by atoms with van der Waals surface area (Å²) in [6, 6.07) is 14.2. The number of aromatic hydroxyl groups is 2. The summed E-state index contributed by atoms with van der Waals surface area (Å²) >= 11 is 0. The van der Waals surface area contributed by atoms with Gasteiger partial charge in [0.05, 0.1) is 0 Å². The topological polar surface area (TPSA) is 65.2 Å². The molecule has 0 aromatic heterocycles. The van der Waals surface area contributed by atoms with E-state index in [1.807, 2.05) is 24.3 Å². The molecule has 0 heterocycles. The van der Waals surface area contributed by atoms with Gasteiger partial charge < -0.3 is 10.2 Å². The van der Waals surface area contributed by atoms with E-state index < -0.39 is 0 Å². The number of phenolic OH excluding ortho intramolecular Hbond substituents is 2. The van der Waals surface area contributed by atoms with Gasteiger partial charge in [0.2, 0.25) is 0 Å². The van der Waals surface area contributed by atoms with Crippen molar-refractivity contribution in [1.29, 1.82) is 0 Å². The van der Waals surface area contributed by atoms with Gasteiger partial charge >= 0.3 is 0 Å². The maximum absolute atomic E-state index is 9.82. The molecule has 126 valence electrons. The van der Waals surface area contributed by atoms with E-state index in [1.165, 1.54) is 0 Å². The number of aliphatic imine (C=N–C) groups is 2. The Labute approximate surface area is 143 Å². The Hall–Kier alpha value is -2.62. The van der Waals surface area contributed by atoms with Gasteiger partial charge in [0, 0.05) is 23.6 Å². The number of benzene rings is 2. The fourth-order valence-corrected chi connectivity index (χ4v) is 2.29. The molecule has 2 rings (SSSR count). The minimum absolute atomic E-state index is 0.207. The van der Waals surface area contributed by atoms with Gasteiger partial charge in [0.1, 0.15) is 17.7 Å². The average molecular weight is 324 g/mol. The SMILES string of the molecule is CCCCCC(N=Cc1ccccc1O)N=Cc1ccccc1O. The van der Waals surface area contributed by atoms with E-state index in [0.717, 1.165) is 25.7 Å². The Morgan fingerprint density at radius 3 is 1.79 bits per heavy atom. The summed E-state index contributed by atoms with van der Waals surface area (Å²) < 4.78 is 0. The number of hydrogen-bond acceptors (Lipinski definition) is 4. The Bertz CT molecular complexity index is 640. The normalized spacial score (nSPS) is 12.9. The van der Waals surface area contributed by atoms with Crippen LogP contribution < -0.4 is 0 Å². The Morgan fingerprint density at radius 2 is 1.33 bits per heavy atom. The van der Waals surface area contributed by atoms with Crippen molar-refractivity contribution < 1.29 is 10.2 Å². The van der Waals surface area contributed by atoms with E-state index in [9.17, 15) is 10.2 Å². The van der Waals surface area contributed by atoms with Crippen LogP contribution in [0.5, 0.6) is 11.5 Å². The van der Waals surface area contributed by atoms with Crippen LogP contribution in [0.2, 0.25) is 0 Å². The lowest BCUT2D eigenvalue weighted by Gasteiger charge is -2.08. The summed E-state index contributed by atoms with van der Waals surface area (Å²) in [6.45, 7) is 2.16. The molecular weight excluding hydrogens is 300 g/mol. The molecule has 2 N–H and O–H groups in total. The number of para-hydroxylation sites is 2. The average Bonchev–Trinajstić information content (AvgIpc) is 2.59. The second-order valence-electron chi connectivity index (χ2n) is 5.65. The standard InChI is InChI=1S/C20H24N2O2/c1-2-3-4-13-20(21-14-16-9-5-7-11-18(16)23)22-15-17-10-6-8-12-19(17)24/h5-12,14-15,20,23-24H,2-4,13H2,1H3. The number of rotatable bonds is 8. The zero-order valence-electron chi connectivity index (χ0n) is 14.0. The Kier molecular flexibility index (Phi) is 7.02. The van der Waals surface area contributed by atoms with Gasteiger partial charge in [0.15, 0.2) is 0 Å². The molecule has 0 bridgehead atoms. The van der Waals surface area contributed by atoms with Crippen LogP contribution in [0.4, 0.5) is 0 Å². The molecule has 0 unspecified atom stereocenters. The van der Waals surface area contributed by atoms with Crippen LogP contribution in [0.3, 0.4) is 0 Å². The highest BCUT2D eigenvalue weighted by Crippen LogP contribution is 2.16. The molecule has 0 saturated carbocycles. The van der Waals surface area contributed by atoms with E-state index >= 15 is 0 Å². The van der Waals surface area contributed by atoms with Crippen LogP contribution in [0.15, 0.2) is 58.5 Å². The van der Waals surface area contributed by atoms with E-state index in [1.54, 1.807) is 36.7 Å². The molecule has 24 heavy (non-hydrogen) atoms. The third-order valence-corrected chi connectivity index (χ3v) is 3.71. The van der Waals surface area contributed by atoms with E-state index in [-0.39, 0.29) is 17.7 Å². The number of unbranched alkanes of at least 4 members (excludes halogenated alkanes) is 2. The van der Waals surface area contributed by atoms with Crippen molar-refractivity contribution in [1.82, 2.24) is 0 Å². The van der Waals surface area contributed by atoms with Crippen LogP contribution in [-0.4, -0.2) is 28.8 Å². The molecule has 0 saturated heterocycles. The van der Waals surface area contributed by atoms with Crippen molar-refractivity contribution in [3.05, 3.63) is 59.7 Å². The van der Waals surface area contributed by atoms with Gasteiger partial charge in [-0.25, -0.2) is 0 Å². The predicted octanol–water partition coefficient (Wildman–Crippen LogP) is 4.54. The third kappa shape index (κ3) is 5.54. The van der Waals surface area contributed by atoms with Gasteiger partial charge in [-0.3, -0.25) is 9.98 Å². The minimum Gasteiger partial charge on any atom is -0.507 e. The predicted molar refractivity (Wildman–Crippen MR) is 99.3 cm³/mol. The fourth-order valence-electron chi connectivity index (χ4n) is 2.29. The molecule has 0 atom stereocenters. The lowest BCUT2D eigenvalue weighted by Crippen LogP contribution is -2.03. The highest BCUT2D eigenvalue weighted by molar-refractivity contribution is 5.84. The third-order valence-electron chi connectivity index (χ3n) is 3.71. The first-order valence-electron chi connectivity index (χ1n) is 8.33. The Balaban J connectivity index is 2.12. The molecule has 0 spiro atoms. The maximum Gasteiger partial charge on any atom is 0.139 e. The molecular formula is C20H24N2O2. The summed E-state index contributed by atoms with van der Waals surface area (Å²) in [6.07, 6.45) is 7.24. The van der Waals surface area contributed by atoms with Gasteiger partial charge in [-0.2, -0.15) is 0 Å². The lowest BCUT2D eigenvalue weighted by molar-refractivity contribution is 0.474. The highest BCUT2D eigenvalue weighted by atomic mass is 16.3.